The van der Waals surface area contributed by atoms with Gasteiger partial charge in [-0.15, -0.1) is 6.58 Å². The molecule has 0 radical (unpaired) electrons. The number of benzene rings is 3. The highest BCUT2D eigenvalue weighted by Crippen LogP contribution is 2.19. The molecule has 3 rings (SSSR count). The minimum atomic E-state index is -0.502. The van der Waals surface area contributed by atoms with E-state index in [2.05, 4.69) is 17.1 Å². The fraction of sp³-hybridized carbons (Fsp3) is 0.0800. The lowest BCUT2D eigenvalue weighted by Crippen LogP contribution is -2.24. The molecule has 0 spiro atoms. The van der Waals surface area contributed by atoms with E-state index in [0.29, 0.717) is 34.1 Å². The first-order chi connectivity index (χ1) is 15.5. The molecule has 0 heterocycles. The zero-order chi connectivity index (χ0) is 22.8. The van der Waals surface area contributed by atoms with Gasteiger partial charge in [0.15, 0.2) is 6.61 Å². The number of allylic oxidation sites excluding steroid dienone is 1. The molecular weight excluding hydrogens is 428 g/mol. The third-order valence-corrected chi connectivity index (χ3v) is 4.50. The van der Waals surface area contributed by atoms with E-state index in [4.69, 9.17) is 21.1 Å². The van der Waals surface area contributed by atoms with Crippen molar-refractivity contribution in [1.82, 2.24) is 5.43 Å². The second-order valence-corrected chi connectivity index (χ2v) is 7.09. The maximum Gasteiger partial charge on any atom is 0.343 e. The highest BCUT2D eigenvalue weighted by molar-refractivity contribution is 6.30. The quantitative estimate of drug-likeness (QED) is 0.167. The molecule has 0 bridgehead atoms. The number of esters is 1. The van der Waals surface area contributed by atoms with Gasteiger partial charge in [0.1, 0.15) is 11.5 Å². The van der Waals surface area contributed by atoms with Gasteiger partial charge in [0.2, 0.25) is 0 Å². The van der Waals surface area contributed by atoms with Crippen molar-refractivity contribution in [2.75, 3.05) is 6.61 Å². The van der Waals surface area contributed by atoms with E-state index in [1.54, 1.807) is 60.7 Å². The van der Waals surface area contributed by atoms with Crippen LogP contribution in [0, 0.1) is 0 Å². The minimum absolute atomic E-state index is 0.176. The highest BCUT2D eigenvalue weighted by atomic mass is 35.5. The van der Waals surface area contributed by atoms with Crippen LogP contribution in [-0.2, 0) is 11.2 Å². The molecule has 1 N–H and O–H groups in total. The van der Waals surface area contributed by atoms with E-state index < -0.39 is 11.9 Å². The second-order valence-electron chi connectivity index (χ2n) is 6.65. The molecular formula is C25H21ClN2O4. The molecule has 32 heavy (non-hydrogen) atoms. The number of carbonyl (C=O) groups is 2. The lowest BCUT2D eigenvalue weighted by Gasteiger charge is -2.09. The van der Waals surface area contributed by atoms with E-state index in [9.17, 15) is 9.59 Å². The molecule has 0 aliphatic rings. The Kier molecular flexibility index (Phi) is 8.17. The van der Waals surface area contributed by atoms with Crippen LogP contribution in [0.5, 0.6) is 11.5 Å². The summed E-state index contributed by atoms with van der Waals surface area (Å²) in [6.07, 6.45) is 3.87. The SMILES string of the molecule is C=CCc1ccccc1OCC(=O)NN=Cc1cccc(OC(=O)c2ccc(Cl)cc2)c1. The predicted octanol–water partition coefficient (Wildman–Crippen LogP) is 4.82. The van der Waals surface area contributed by atoms with Gasteiger partial charge in [-0.25, -0.2) is 10.2 Å². The van der Waals surface area contributed by atoms with Crippen molar-refractivity contribution in [2.45, 2.75) is 6.42 Å². The van der Waals surface area contributed by atoms with Crippen molar-refractivity contribution in [3.63, 3.8) is 0 Å². The van der Waals surface area contributed by atoms with Crippen molar-refractivity contribution in [2.24, 2.45) is 5.10 Å². The Labute approximate surface area is 191 Å². The standard InChI is InChI=1S/C25H21ClN2O4/c1-2-6-19-8-3-4-10-23(19)31-17-24(29)28-27-16-18-7-5-9-22(15-18)32-25(30)20-11-13-21(26)14-12-20/h2-5,7-16H,1,6,17H2,(H,28,29). The first-order valence-electron chi connectivity index (χ1n) is 9.76. The molecule has 3 aromatic carbocycles. The minimum Gasteiger partial charge on any atom is -0.483 e. The van der Waals surface area contributed by atoms with Crippen molar-refractivity contribution in [1.29, 1.82) is 0 Å². The Morgan fingerprint density at radius 2 is 1.81 bits per heavy atom. The fourth-order valence-electron chi connectivity index (χ4n) is 2.73. The number of nitrogens with one attached hydrogen (secondary N) is 1. The molecule has 0 saturated carbocycles. The van der Waals surface area contributed by atoms with Crippen LogP contribution in [-0.4, -0.2) is 24.7 Å². The van der Waals surface area contributed by atoms with Crippen LogP contribution < -0.4 is 14.9 Å². The monoisotopic (exact) mass is 448 g/mol. The van der Waals surface area contributed by atoms with Crippen molar-refractivity contribution in [3.8, 4) is 11.5 Å². The normalized spacial score (nSPS) is 10.5. The average Bonchev–Trinajstić information content (AvgIpc) is 2.79. The van der Waals surface area contributed by atoms with Crippen LogP contribution in [0.2, 0.25) is 5.02 Å². The number of halogens is 1. The number of carbonyl (C=O) groups excluding carboxylic acids is 2. The number of hydrazone groups is 1. The lowest BCUT2D eigenvalue weighted by atomic mass is 10.1. The summed E-state index contributed by atoms with van der Waals surface area (Å²) in [7, 11) is 0. The number of hydrogen-bond donors (Lipinski definition) is 1. The van der Waals surface area contributed by atoms with Crippen molar-refractivity contribution >= 4 is 29.7 Å². The van der Waals surface area contributed by atoms with Crippen LogP contribution in [0.3, 0.4) is 0 Å². The molecule has 7 heteroatoms. The van der Waals surface area contributed by atoms with Crippen LogP contribution in [0.25, 0.3) is 0 Å². The average molecular weight is 449 g/mol. The van der Waals surface area contributed by atoms with Gasteiger partial charge in [-0.3, -0.25) is 4.79 Å². The molecule has 0 unspecified atom stereocenters. The summed E-state index contributed by atoms with van der Waals surface area (Å²) in [5.74, 6) is 0.0713. The van der Waals surface area contributed by atoms with Crippen LogP contribution >= 0.6 is 11.6 Å². The van der Waals surface area contributed by atoms with E-state index >= 15 is 0 Å². The van der Waals surface area contributed by atoms with Gasteiger partial charge in [0.25, 0.3) is 5.91 Å². The van der Waals surface area contributed by atoms with Crippen molar-refractivity contribution in [3.05, 3.63) is 107 Å². The number of nitrogens with zero attached hydrogens (tertiary/aromatic N) is 1. The Bertz CT molecular complexity index is 1130. The fourth-order valence-corrected chi connectivity index (χ4v) is 2.86. The van der Waals surface area contributed by atoms with E-state index in [1.165, 1.54) is 6.21 Å². The molecule has 6 nitrogen and oxygen atoms in total. The topological polar surface area (TPSA) is 77.0 Å². The number of amides is 1. The Hall–Kier alpha value is -3.90. The van der Waals surface area contributed by atoms with Gasteiger partial charge in [0.05, 0.1) is 11.8 Å². The van der Waals surface area contributed by atoms with Gasteiger partial charge in [0, 0.05) is 5.02 Å². The van der Waals surface area contributed by atoms with Crippen LogP contribution in [0.15, 0.2) is 90.6 Å². The van der Waals surface area contributed by atoms with E-state index in [0.717, 1.165) is 5.56 Å². The largest absolute Gasteiger partial charge is 0.483 e. The Morgan fingerprint density at radius 3 is 2.59 bits per heavy atom. The second kappa shape index (κ2) is 11.5. The Balaban J connectivity index is 1.52. The molecule has 162 valence electrons. The highest BCUT2D eigenvalue weighted by Gasteiger charge is 2.09. The maximum atomic E-state index is 12.2. The third kappa shape index (κ3) is 6.82. The smallest absolute Gasteiger partial charge is 0.343 e. The molecule has 0 fully saturated rings. The van der Waals surface area contributed by atoms with Crippen LogP contribution in [0.1, 0.15) is 21.5 Å². The van der Waals surface area contributed by atoms with Gasteiger partial charge in [-0.05, 0) is 60.0 Å². The first kappa shape index (κ1) is 22.8. The predicted molar refractivity (Wildman–Crippen MR) is 124 cm³/mol. The number of hydrogen-bond acceptors (Lipinski definition) is 5. The summed E-state index contributed by atoms with van der Waals surface area (Å²) in [5, 5.41) is 4.46. The van der Waals surface area contributed by atoms with Gasteiger partial charge < -0.3 is 9.47 Å². The van der Waals surface area contributed by atoms with E-state index in [1.807, 2.05) is 18.2 Å². The molecule has 0 atom stereocenters. The van der Waals surface area contributed by atoms with Crippen LogP contribution in [0.4, 0.5) is 0 Å². The molecule has 0 aliphatic carbocycles. The Morgan fingerprint density at radius 1 is 1.03 bits per heavy atom. The number of ether oxygens (including phenoxy) is 2. The summed E-state index contributed by atoms with van der Waals surface area (Å²) >= 11 is 5.83. The summed E-state index contributed by atoms with van der Waals surface area (Å²) in [6, 6.07) is 20.6. The molecule has 3 aromatic rings. The van der Waals surface area contributed by atoms with Gasteiger partial charge in [-0.1, -0.05) is 48.0 Å². The van der Waals surface area contributed by atoms with E-state index in [-0.39, 0.29) is 6.61 Å². The third-order valence-electron chi connectivity index (χ3n) is 4.25. The summed E-state index contributed by atoms with van der Waals surface area (Å²) < 4.78 is 10.9. The zero-order valence-corrected chi connectivity index (χ0v) is 17.9. The molecule has 1 amide bonds. The van der Waals surface area contributed by atoms with Crippen molar-refractivity contribution < 1.29 is 19.1 Å². The summed E-state index contributed by atoms with van der Waals surface area (Å²) in [5.41, 5.74) is 4.38. The number of rotatable bonds is 9. The molecule has 0 aliphatic heterocycles. The summed E-state index contributed by atoms with van der Waals surface area (Å²) in [6.45, 7) is 3.54. The van der Waals surface area contributed by atoms with Gasteiger partial charge >= 0.3 is 5.97 Å². The molecule has 0 aromatic heterocycles. The molecule has 0 saturated heterocycles. The maximum absolute atomic E-state index is 12.2. The summed E-state index contributed by atoms with van der Waals surface area (Å²) in [4.78, 5) is 24.2. The zero-order valence-electron chi connectivity index (χ0n) is 17.2. The number of para-hydroxylation sites is 1. The lowest BCUT2D eigenvalue weighted by molar-refractivity contribution is -0.123. The first-order valence-corrected chi connectivity index (χ1v) is 10.1. The van der Waals surface area contributed by atoms with Gasteiger partial charge in [-0.2, -0.15) is 5.10 Å².